The van der Waals surface area contributed by atoms with Gasteiger partial charge in [0, 0.05) is 16.4 Å². The lowest BCUT2D eigenvalue weighted by Crippen LogP contribution is -2.14. The van der Waals surface area contributed by atoms with E-state index in [0.29, 0.717) is 21.3 Å². The maximum Gasteiger partial charge on any atom is 0.265 e. The quantitative estimate of drug-likeness (QED) is 0.673. The van der Waals surface area contributed by atoms with E-state index < -0.39 is 10.0 Å². The van der Waals surface area contributed by atoms with Crippen LogP contribution in [-0.4, -0.2) is 14.3 Å². The lowest BCUT2D eigenvalue weighted by atomic mass is 10.3. The number of sulfonamides is 1. The zero-order valence-electron chi connectivity index (χ0n) is 12.8. The summed E-state index contributed by atoms with van der Waals surface area (Å²) in [7, 11) is -3.78. The van der Waals surface area contributed by atoms with E-state index in [2.05, 4.69) is 10.0 Å². The Balaban J connectivity index is 1.80. The van der Waals surface area contributed by atoms with Gasteiger partial charge in [-0.3, -0.25) is 9.52 Å². The van der Waals surface area contributed by atoms with Crippen LogP contribution in [0.3, 0.4) is 0 Å². The first-order valence-electron chi connectivity index (χ1n) is 7.17. The highest BCUT2D eigenvalue weighted by Crippen LogP contribution is 2.21. The van der Waals surface area contributed by atoms with Crippen LogP contribution in [0.1, 0.15) is 9.67 Å². The molecule has 128 valence electrons. The zero-order chi connectivity index (χ0) is 17.9. The van der Waals surface area contributed by atoms with E-state index in [4.69, 9.17) is 11.6 Å². The van der Waals surface area contributed by atoms with Crippen molar-refractivity contribution in [2.24, 2.45) is 0 Å². The van der Waals surface area contributed by atoms with Crippen LogP contribution < -0.4 is 10.0 Å². The molecule has 0 unspecified atom stereocenters. The Morgan fingerprint density at radius 3 is 2.40 bits per heavy atom. The SMILES string of the molecule is O=C(Nc1cccc(S(=O)(=O)Nc2ccc(Cl)cc2)c1)c1cccs1. The molecule has 0 spiro atoms. The Kier molecular flexibility index (Phi) is 5.08. The molecule has 3 rings (SSSR count). The number of anilines is 2. The maximum atomic E-state index is 12.5. The molecule has 25 heavy (non-hydrogen) atoms. The summed E-state index contributed by atoms with van der Waals surface area (Å²) in [6, 6.07) is 15.9. The molecule has 3 aromatic rings. The van der Waals surface area contributed by atoms with Crippen LogP contribution in [0.25, 0.3) is 0 Å². The molecule has 0 aliphatic rings. The van der Waals surface area contributed by atoms with Crippen LogP contribution in [-0.2, 0) is 10.0 Å². The standard InChI is InChI=1S/C17H13ClN2O3S2/c18-12-6-8-13(9-7-12)20-25(22,23)15-4-1-3-14(11-15)19-17(21)16-5-2-10-24-16/h1-11,20H,(H,19,21). The highest BCUT2D eigenvalue weighted by molar-refractivity contribution is 7.92. The molecule has 0 fully saturated rings. The Hall–Kier alpha value is -2.35. The number of nitrogens with one attached hydrogen (secondary N) is 2. The molecule has 0 saturated heterocycles. The third kappa shape index (κ3) is 4.39. The van der Waals surface area contributed by atoms with Crippen LogP contribution in [0.15, 0.2) is 70.9 Å². The molecular weight excluding hydrogens is 380 g/mol. The Morgan fingerprint density at radius 1 is 0.960 bits per heavy atom. The van der Waals surface area contributed by atoms with Crippen molar-refractivity contribution in [3.8, 4) is 0 Å². The predicted molar refractivity (Wildman–Crippen MR) is 101 cm³/mol. The number of halogens is 1. The lowest BCUT2D eigenvalue weighted by Gasteiger charge is -2.10. The van der Waals surface area contributed by atoms with Crippen molar-refractivity contribution < 1.29 is 13.2 Å². The molecule has 2 N–H and O–H groups in total. The minimum Gasteiger partial charge on any atom is -0.321 e. The average Bonchev–Trinajstić information content (AvgIpc) is 3.12. The largest absolute Gasteiger partial charge is 0.321 e. The number of hydrogen-bond acceptors (Lipinski definition) is 4. The van der Waals surface area contributed by atoms with E-state index in [0.717, 1.165) is 0 Å². The zero-order valence-corrected chi connectivity index (χ0v) is 15.2. The van der Waals surface area contributed by atoms with Crippen LogP contribution in [0.2, 0.25) is 5.02 Å². The van der Waals surface area contributed by atoms with Gasteiger partial charge in [-0.15, -0.1) is 11.3 Å². The number of carbonyl (C=O) groups is 1. The number of rotatable bonds is 5. The van der Waals surface area contributed by atoms with E-state index in [-0.39, 0.29) is 10.8 Å². The van der Waals surface area contributed by atoms with Crippen LogP contribution in [0.4, 0.5) is 11.4 Å². The Labute approximate surface area is 154 Å². The van der Waals surface area contributed by atoms with Crippen LogP contribution >= 0.6 is 22.9 Å². The molecule has 0 saturated carbocycles. The number of benzene rings is 2. The fraction of sp³-hybridized carbons (Fsp3) is 0. The van der Waals surface area contributed by atoms with Crippen molar-refractivity contribution in [1.29, 1.82) is 0 Å². The van der Waals surface area contributed by atoms with Gasteiger partial charge in [0.1, 0.15) is 0 Å². The van der Waals surface area contributed by atoms with Crippen molar-refractivity contribution in [1.82, 2.24) is 0 Å². The van der Waals surface area contributed by atoms with Gasteiger partial charge < -0.3 is 5.32 Å². The fourth-order valence-electron chi connectivity index (χ4n) is 2.07. The first kappa shape index (κ1) is 17.5. The minimum atomic E-state index is -3.78. The van der Waals surface area contributed by atoms with Crippen molar-refractivity contribution in [2.45, 2.75) is 4.90 Å². The second-order valence-electron chi connectivity index (χ2n) is 5.07. The van der Waals surface area contributed by atoms with Gasteiger partial charge in [0.05, 0.1) is 9.77 Å². The summed E-state index contributed by atoms with van der Waals surface area (Å²) in [6.45, 7) is 0. The number of carbonyl (C=O) groups excluding carboxylic acids is 1. The van der Waals surface area contributed by atoms with Crippen molar-refractivity contribution >= 4 is 50.2 Å². The van der Waals surface area contributed by atoms with E-state index in [9.17, 15) is 13.2 Å². The summed E-state index contributed by atoms with van der Waals surface area (Å²) in [5, 5.41) is 5.00. The Morgan fingerprint density at radius 2 is 1.72 bits per heavy atom. The minimum absolute atomic E-state index is 0.0476. The number of amides is 1. The Bertz CT molecular complexity index is 985. The van der Waals surface area contributed by atoms with Gasteiger partial charge in [-0.25, -0.2) is 8.42 Å². The highest BCUT2D eigenvalue weighted by Gasteiger charge is 2.15. The van der Waals surface area contributed by atoms with Crippen molar-refractivity contribution in [2.75, 3.05) is 10.0 Å². The number of hydrogen-bond donors (Lipinski definition) is 2. The van der Waals surface area contributed by atoms with Gasteiger partial charge in [0.15, 0.2) is 0 Å². The second kappa shape index (κ2) is 7.26. The van der Waals surface area contributed by atoms with Gasteiger partial charge in [0.25, 0.3) is 15.9 Å². The van der Waals surface area contributed by atoms with Crippen molar-refractivity contribution in [3.05, 3.63) is 75.9 Å². The fourth-order valence-corrected chi connectivity index (χ4v) is 3.92. The molecule has 1 amide bonds. The molecule has 5 nitrogen and oxygen atoms in total. The van der Waals surface area contributed by atoms with Crippen molar-refractivity contribution in [3.63, 3.8) is 0 Å². The summed E-state index contributed by atoms with van der Waals surface area (Å²) in [5.74, 6) is -0.282. The molecule has 0 atom stereocenters. The second-order valence-corrected chi connectivity index (χ2v) is 8.14. The van der Waals surface area contributed by atoms with Gasteiger partial charge in [-0.1, -0.05) is 23.7 Å². The van der Waals surface area contributed by atoms with Crippen LogP contribution in [0.5, 0.6) is 0 Å². The monoisotopic (exact) mass is 392 g/mol. The molecule has 2 aromatic carbocycles. The first-order chi connectivity index (χ1) is 11.9. The van der Waals surface area contributed by atoms with E-state index >= 15 is 0 Å². The van der Waals surface area contributed by atoms with E-state index in [1.807, 2.05) is 0 Å². The highest BCUT2D eigenvalue weighted by atomic mass is 35.5. The van der Waals surface area contributed by atoms with E-state index in [1.54, 1.807) is 53.9 Å². The van der Waals surface area contributed by atoms with Gasteiger partial charge in [0.2, 0.25) is 0 Å². The normalized spacial score (nSPS) is 11.1. The smallest absolute Gasteiger partial charge is 0.265 e. The topological polar surface area (TPSA) is 75.3 Å². The third-order valence-corrected chi connectivity index (χ3v) is 5.74. The third-order valence-electron chi connectivity index (χ3n) is 3.24. The molecule has 0 aliphatic carbocycles. The molecule has 8 heteroatoms. The first-order valence-corrected chi connectivity index (χ1v) is 9.91. The summed E-state index contributed by atoms with van der Waals surface area (Å²) in [5.41, 5.74) is 0.801. The van der Waals surface area contributed by atoms with Gasteiger partial charge >= 0.3 is 0 Å². The van der Waals surface area contributed by atoms with Gasteiger partial charge in [-0.05, 0) is 53.9 Å². The maximum absolute atomic E-state index is 12.5. The predicted octanol–water partition coefficient (Wildman–Crippen LogP) is 4.45. The summed E-state index contributed by atoms with van der Waals surface area (Å²) in [4.78, 5) is 12.7. The average molecular weight is 393 g/mol. The summed E-state index contributed by atoms with van der Waals surface area (Å²) < 4.78 is 27.5. The number of thiophene rings is 1. The van der Waals surface area contributed by atoms with E-state index in [1.165, 1.54) is 23.5 Å². The molecule has 1 aromatic heterocycles. The van der Waals surface area contributed by atoms with Crippen LogP contribution in [0, 0.1) is 0 Å². The summed E-state index contributed by atoms with van der Waals surface area (Å²) >= 11 is 7.10. The molecule has 0 aliphatic heterocycles. The molecule has 1 heterocycles. The van der Waals surface area contributed by atoms with Gasteiger partial charge in [-0.2, -0.15) is 0 Å². The molecule has 0 bridgehead atoms. The molecule has 0 radical (unpaired) electrons. The summed E-state index contributed by atoms with van der Waals surface area (Å²) in [6.07, 6.45) is 0. The lowest BCUT2D eigenvalue weighted by molar-refractivity contribution is 0.103. The molecular formula is C17H13ClN2O3S2.